The molecule has 0 bridgehead atoms. The summed E-state index contributed by atoms with van der Waals surface area (Å²) in [6, 6.07) is 0.995. The first-order valence-corrected chi connectivity index (χ1v) is 6.78. The van der Waals surface area contributed by atoms with E-state index in [0.29, 0.717) is 10.0 Å². The van der Waals surface area contributed by atoms with Gasteiger partial charge in [0.1, 0.15) is 6.04 Å². The van der Waals surface area contributed by atoms with Crippen LogP contribution in [0.25, 0.3) is 0 Å². The Hall–Kier alpha value is -1.43. The van der Waals surface area contributed by atoms with Crippen LogP contribution < -0.4 is 5.32 Å². The van der Waals surface area contributed by atoms with Gasteiger partial charge in [-0.25, -0.2) is 4.79 Å². The van der Waals surface area contributed by atoms with Gasteiger partial charge < -0.3 is 10.1 Å². The summed E-state index contributed by atoms with van der Waals surface area (Å²) in [5.74, 6) is -0.785. The predicted octanol–water partition coefficient (Wildman–Crippen LogP) is 2.16. The third kappa shape index (κ3) is 4.31. The van der Waals surface area contributed by atoms with Gasteiger partial charge in [-0.1, -0.05) is 20.3 Å². The molecule has 1 heterocycles. The Morgan fingerprint density at radius 3 is 2.68 bits per heavy atom. The number of nitrogens with zero attached hydrogens (tertiary/aromatic N) is 1. The Morgan fingerprint density at radius 2 is 2.16 bits per heavy atom. The van der Waals surface area contributed by atoms with Gasteiger partial charge in [0.15, 0.2) is 0 Å². The topological polar surface area (TPSA) is 68.3 Å². The molecule has 5 nitrogen and oxygen atoms in total. The van der Waals surface area contributed by atoms with Crippen LogP contribution in [0.3, 0.4) is 0 Å². The average molecular weight is 329 g/mol. The zero-order valence-corrected chi connectivity index (χ0v) is 12.7. The molecule has 1 aromatic rings. The summed E-state index contributed by atoms with van der Waals surface area (Å²) >= 11 is 3.25. The summed E-state index contributed by atoms with van der Waals surface area (Å²) < 4.78 is 5.42. The number of nitrogens with one attached hydrogen (secondary N) is 1. The van der Waals surface area contributed by atoms with Crippen molar-refractivity contribution in [3.63, 3.8) is 0 Å². The Balaban J connectivity index is 2.84. The Bertz CT molecular complexity index is 465. The van der Waals surface area contributed by atoms with Crippen LogP contribution in [0.15, 0.2) is 22.9 Å². The molecule has 0 unspecified atom stereocenters. The van der Waals surface area contributed by atoms with Crippen molar-refractivity contribution in [2.24, 2.45) is 5.92 Å². The first-order chi connectivity index (χ1) is 8.99. The highest BCUT2D eigenvalue weighted by Crippen LogP contribution is 2.12. The molecule has 0 aromatic carbocycles. The monoisotopic (exact) mass is 328 g/mol. The molecule has 0 spiro atoms. The molecule has 0 fully saturated rings. The van der Waals surface area contributed by atoms with Crippen LogP contribution in [0, 0.1) is 5.92 Å². The fourth-order valence-electron chi connectivity index (χ4n) is 1.56. The zero-order valence-electron chi connectivity index (χ0n) is 11.1. The van der Waals surface area contributed by atoms with Crippen LogP contribution in [0.5, 0.6) is 0 Å². The maximum Gasteiger partial charge on any atom is 0.328 e. The molecular weight excluding hydrogens is 312 g/mol. The Labute approximate surface area is 120 Å². The van der Waals surface area contributed by atoms with Gasteiger partial charge in [-0.3, -0.25) is 9.78 Å². The van der Waals surface area contributed by atoms with Gasteiger partial charge in [0.2, 0.25) is 0 Å². The number of carbonyl (C=O) groups excluding carboxylic acids is 2. The lowest BCUT2D eigenvalue weighted by molar-refractivity contribution is -0.144. The highest BCUT2D eigenvalue weighted by molar-refractivity contribution is 9.10. The van der Waals surface area contributed by atoms with Gasteiger partial charge >= 0.3 is 5.97 Å². The SMILES string of the molecule is CC[C@@H](C)[C@@H](NC(=O)c1cncc(Br)c1)C(=O)OC. The van der Waals surface area contributed by atoms with Crippen molar-refractivity contribution in [1.29, 1.82) is 0 Å². The summed E-state index contributed by atoms with van der Waals surface area (Å²) in [4.78, 5) is 27.7. The molecule has 0 saturated heterocycles. The van der Waals surface area contributed by atoms with E-state index in [9.17, 15) is 9.59 Å². The molecule has 1 aromatic heterocycles. The van der Waals surface area contributed by atoms with E-state index < -0.39 is 12.0 Å². The highest BCUT2D eigenvalue weighted by atomic mass is 79.9. The van der Waals surface area contributed by atoms with Gasteiger partial charge in [0, 0.05) is 16.9 Å². The smallest absolute Gasteiger partial charge is 0.328 e. The molecule has 1 N–H and O–H groups in total. The fraction of sp³-hybridized carbons (Fsp3) is 0.462. The van der Waals surface area contributed by atoms with Crippen LogP contribution >= 0.6 is 15.9 Å². The lowest BCUT2D eigenvalue weighted by atomic mass is 9.99. The molecule has 6 heteroatoms. The number of hydrogen-bond donors (Lipinski definition) is 1. The maximum atomic E-state index is 12.1. The molecule has 0 aliphatic carbocycles. The van der Waals surface area contributed by atoms with Gasteiger partial charge in [-0.2, -0.15) is 0 Å². The number of carbonyl (C=O) groups is 2. The van der Waals surface area contributed by atoms with Crippen molar-refractivity contribution < 1.29 is 14.3 Å². The third-order valence-electron chi connectivity index (χ3n) is 2.92. The van der Waals surface area contributed by atoms with E-state index in [-0.39, 0.29) is 11.8 Å². The molecule has 0 aliphatic rings. The van der Waals surface area contributed by atoms with Crippen molar-refractivity contribution >= 4 is 27.8 Å². The number of ether oxygens (including phenoxy) is 1. The van der Waals surface area contributed by atoms with Crippen molar-refractivity contribution in [2.75, 3.05) is 7.11 Å². The van der Waals surface area contributed by atoms with Crippen molar-refractivity contribution in [2.45, 2.75) is 26.3 Å². The normalized spacial score (nSPS) is 13.5. The number of aromatic nitrogens is 1. The van der Waals surface area contributed by atoms with Gasteiger partial charge in [-0.05, 0) is 27.9 Å². The summed E-state index contributed by atoms with van der Waals surface area (Å²) in [6.07, 6.45) is 3.80. The summed E-state index contributed by atoms with van der Waals surface area (Å²) in [5.41, 5.74) is 0.395. The molecule has 0 radical (unpaired) electrons. The second-order valence-corrected chi connectivity index (χ2v) is 5.17. The van der Waals surface area contributed by atoms with Crippen LogP contribution in [-0.2, 0) is 9.53 Å². The largest absolute Gasteiger partial charge is 0.467 e. The molecule has 1 amide bonds. The van der Waals surface area contributed by atoms with E-state index in [1.165, 1.54) is 13.3 Å². The second-order valence-electron chi connectivity index (χ2n) is 4.25. The minimum Gasteiger partial charge on any atom is -0.467 e. The molecular formula is C13H17BrN2O3. The van der Waals surface area contributed by atoms with E-state index in [4.69, 9.17) is 4.74 Å². The zero-order chi connectivity index (χ0) is 14.4. The third-order valence-corrected chi connectivity index (χ3v) is 3.36. The van der Waals surface area contributed by atoms with E-state index in [1.54, 1.807) is 12.3 Å². The number of amides is 1. The van der Waals surface area contributed by atoms with Crippen LogP contribution in [0.1, 0.15) is 30.6 Å². The number of methoxy groups -OCH3 is 1. The molecule has 1 rings (SSSR count). The first kappa shape index (κ1) is 15.6. The van der Waals surface area contributed by atoms with Gasteiger partial charge in [0.05, 0.1) is 12.7 Å². The highest BCUT2D eigenvalue weighted by Gasteiger charge is 2.27. The quantitative estimate of drug-likeness (QED) is 0.841. The van der Waals surface area contributed by atoms with Crippen LogP contribution in [-0.4, -0.2) is 30.0 Å². The summed E-state index contributed by atoms with van der Waals surface area (Å²) in [5, 5.41) is 2.69. The summed E-state index contributed by atoms with van der Waals surface area (Å²) in [7, 11) is 1.31. The first-order valence-electron chi connectivity index (χ1n) is 5.98. The number of esters is 1. The number of hydrogen-bond acceptors (Lipinski definition) is 4. The van der Waals surface area contributed by atoms with E-state index in [1.807, 2.05) is 13.8 Å². The standard InChI is InChI=1S/C13H17BrN2O3/c1-4-8(2)11(13(18)19-3)16-12(17)9-5-10(14)7-15-6-9/h5-8,11H,4H2,1-3H3,(H,16,17)/t8-,11-/m1/s1. The molecule has 19 heavy (non-hydrogen) atoms. The Kier molecular flexibility index (Phi) is 5.95. The van der Waals surface area contributed by atoms with Crippen molar-refractivity contribution in [3.05, 3.63) is 28.5 Å². The molecule has 2 atom stereocenters. The lowest BCUT2D eigenvalue weighted by Crippen LogP contribution is -2.45. The van der Waals surface area contributed by atoms with E-state index in [0.717, 1.165) is 6.42 Å². The van der Waals surface area contributed by atoms with Gasteiger partial charge in [0.25, 0.3) is 5.91 Å². The lowest BCUT2D eigenvalue weighted by Gasteiger charge is -2.21. The second kappa shape index (κ2) is 7.23. The van der Waals surface area contributed by atoms with Gasteiger partial charge in [-0.15, -0.1) is 0 Å². The van der Waals surface area contributed by atoms with Crippen LogP contribution in [0.2, 0.25) is 0 Å². The molecule has 104 valence electrons. The predicted molar refractivity (Wildman–Crippen MR) is 74.7 cm³/mol. The number of rotatable bonds is 5. The van der Waals surface area contributed by atoms with E-state index >= 15 is 0 Å². The minimum absolute atomic E-state index is 0.00323. The molecule has 0 saturated carbocycles. The minimum atomic E-state index is -0.651. The van der Waals surface area contributed by atoms with E-state index in [2.05, 4.69) is 26.2 Å². The number of pyridine rings is 1. The Morgan fingerprint density at radius 1 is 1.47 bits per heavy atom. The molecule has 0 aliphatic heterocycles. The maximum absolute atomic E-state index is 12.1. The average Bonchev–Trinajstić information content (AvgIpc) is 2.42. The fourth-order valence-corrected chi connectivity index (χ4v) is 1.92. The van der Waals surface area contributed by atoms with Crippen molar-refractivity contribution in [3.8, 4) is 0 Å². The van der Waals surface area contributed by atoms with Crippen molar-refractivity contribution in [1.82, 2.24) is 10.3 Å². The number of halogens is 1. The summed E-state index contributed by atoms with van der Waals surface area (Å²) in [6.45, 7) is 3.84. The van der Waals surface area contributed by atoms with Crippen LogP contribution in [0.4, 0.5) is 0 Å².